The number of hydrogen-bond acceptors (Lipinski definition) is 4. The van der Waals surface area contributed by atoms with Crippen LogP contribution in [0.2, 0.25) is 5.02 Å². The molecule has 0 saturated heterocycles. The van der Waals surface area contributed by atoms with Gasteiger partial charge in [-0.15, -0.1) is 10.2 Å². The Morgan fingerprint density at radius 2 is 2.04 bits per heavy atom. The molecule has 0 unspecified atom stereocenters. The third kappa shape index (κ3) is 3.63. The average molecular weight is 368 g/mol. The van der Waals surface area contributed by atoms with Gasteiger partial charge in [0.15, 0.2) is 0 Å². The number of aryl methyl sites for hydroxylation is 2. The fourth-order valence-electron chi connectivity index (χ4n) is 3.28. The summed E-state index contributed by atoms with van der Waals surface area (Å²) in [6.07, 6.45) is 2.58. The van der Waals surface area contributed by atoms with Crippen LogP contribution in [0.25, 0.3) is 11.5 Å². The van der Waals surface area contributed by atoms with Crippen LogP contribution in [-0.2, 0) is 17.6 Å². The fourth-order valence-corrected chi connectivity index (χ4v) is 3.47. The van der Waals surface area contributed by atoms with Crippen LogP contribution in [0.4, 0.5) is 0 Å². The molecule has 0 aliphatic heterocycles. The number of nitrogens with zero attached hydrogens (tertiary/aromatic N) is 2. The Labute approximate surface area is 156 Å². The van der Waals surface area contributed by atoms with Crippen LogP contribution < -0.4 is 5.32 Å². The van der Waals surface area contributed by atoms with Crippen LogP contribution >= 0.6 is 11.6 Å². The van der Waals surface area contributed by atoms with E-state index in [1.165, 1.54) is 5.56 Å². The highest BCUT2D eigenvalue weighted by molar-refractivity contribution is 6.30. The quantitative estimate of drug-likeness (QED) is 0.736. The van der Waals surface area contributed by atoms with Gasteiger partial charge in [0.1, 0.15) is 0 Å². The number of aromatic nitrogens is 2. The molecule has 1 heterocycles. The molecule has 0 spiro atoms. The van der Waals surface area contributed by atoms with Crippen molar-refractivity contribution in [2.24, 2.45) is 0 Å². The Kier molecular flexibility index (Phi) is 4.71. The predicted molar refractivity (Wildman–Crippen MR) is 98.7 cm³/mol. The van der Waals surface area contributed by atoms with Gasteiger partial charge in [-0.05, 0) is 48.2 Å². The first-order valence-electron chi connectivity index (χ1n) is 8.64. The fraction of sp³-hybridized carbons (Fsp3) is 0.250. The molecule has 0 bridgehead atoms. The molecule has 132 valence electrons. The molecule has 0 fully saturated rings. The molecule has 1 aromatic heterocycles. The lowest BCUT2D eigenvalue weighted by atomic mass is 10.1. The van der Waals surface area contributed by atoms with Gasteiger partial charge in [-0.25, -0.2) is 0 Å². The first-order valence-corrected chi connectivity index (χ1v) is 9.02. The summed E-state index contributed by atoms with van der Waals surface area (Å²) in [6, 6.07) is 15.5. The number of rotatable bonds is 5. The molecule has 1 aliphatic carbocycles. The third-order valence-corrected chi connectivity index (χ3v) is 4.81. The van der Waals surface area contributed by atoms with Crippen molar-refractivity contribution in [1.82, 2.24) is 15.5 Å². The van der Waals surface area contributed by atoms with E-state index in [2.05, 4.69) is 15.5 Å². The van der Waals surface area contributed by atoms with E-state index < -0.39 is 0 Å². The van der Waals surface area contributed by atoms with Gasteiger partial charge in [0.25, 0.3) is 0 Å². The number of fused-ring (bicyclic) bond motifs is 1. The number of halogens is 1. The standard InChI is InChI=1S/C20H18ClN3O2/c21-15-7-8-16-14(12-15)6-9-17(16)22-18(25)10-11-19-23-24-20(26-19)13-4-2-1-3-5-13/h1-5,7-8,12,17H,6,9-11H2,(H,22,25)/t17-/m0/s1. The van der Waals surface area contributed by atoms with E-state index >= 15 is 0 Å². The minimum Gasteiger partial charge on any atom is -0.421 e. The van der Waals surface area contributed by atoms with Gasteiger partial charge in [-0.3, -0.25) is 4.79 Å². The van der Waals surface area contributed by atoms with Crippen molar-refractivity contribution in [3.05, 3.63) is 70.6 Å². The van der Waals surface area contributed by atoms with Crippen molar-refractivity contribution >= 4 is 17.5 Å². The Morgan fingerprint density at radius 3 is 2.88 bits per heavy atom. The lowest BCUT2D eigenvalue weighted by molar-refractivity contribution is -0.121. The van der Waals surface area contributed by atoms with Crippen LogP contribution in [0.3, 0.4) is 0 Å². The second kappa shape index (κ2) is 7.30. The third-order valence-electron chi connectivity index (χ3n) is 4.57. The summed E-state index contributed by atoms with van der Waals surface area (Å²) in [5.74, 6) is 0.928. The van der Waals surface area contributed by atoms with E-state index in [0.29, 0.717) is 24.6 Å². The molecule has 3 aromatic rings. The lowest BCUT2D eigenvalue weighted by Crippen LogP contribution is -2.27. The summed E-state index contributed by atoms with van der Waals surface area (Å²) < 4.78 is 5.64. The normalized spacial score (nSPS) is 15.7. The summed E-state index contributed by atoms with van der Waals surface area (Å²) in [5.41, 5.74) is 3.25. The number of benzene rings is 2. The second-order valence-electron chi connectivity index (χ2n) is 6.37. The van der Waals surface area contributed by atoms with E-state index in [1.807, 2.05) is 48.5 Å². The van der Waals surface area contributed by atoms with Crippen molar-refractivity contribution in [2.45, 2.75) is 31.7 Å². The average Bonchev–Trinajstić information content (AvgIpc) is 3.28. The number of amides is 1. The molecular weight excluding hydrogens is 350 g/mol. The van der Waals surface area contributed by atoms with Crippen LogP contribution in [0.5, 0.6) is 0 Å². The Hall–Kier alpha value is -2.66. The van der Waals surface area contributed by atoms with Gasteiger partial charge in [0.2, 0.25) is 17.7 Å². The summed E-state index contributed by atoms with van der Waals surface area (Å²) in [7, 11) is 0. The Morgan fingerprint density at radius 1 is 1.19 bits per heavy atom. The van der Waals surface area contributed by atoms with Crippen molar-refractivity contribution in [3.8, 4) is 11.5 Å². The Balaban J connectivity index is 1.34. The molecule has 0 radical (unpaired) electrons. The smallest absolute Gasteiger partial charge is 0.247 e. The summed E-state index contributed by atoms with van der Waals surface area (Å²) in [6.45, 7) is 0. The van der Waals surface area contributed by atoms with Crippen LogP contribution in [0, 0.1) is 0 Å². The van der Waals surface area contributed by atoms with Gasteiger partial charge in [0, 0.05) is 23.4 Å². The van der Waals surface area contributed by atoms with E-state index in [-0.39, 0.29) is 11.9 Å². The van der Waals surface area contributed by atoms with Gasteiger partial charge >= 0.3 is 0 Å². The monoisotopic (exact) mass is 367 g/mol. The molecule has 4 rings (SSSR count). The van der Waals surface area contributed by atoms with Crippen molar-refractivity contribution in [1.29, 1.82) is 0 Å². The highest BCUT2D eigenvalue weighted by Crippen LogP contribution is 2.32. The molecule has 0 saturated carbocycles. The molecule has 26 heavy (non-hydrogen) atoms. The zero-order valence-electron chi connectivity index (χ0n) is 14.1. The number of nitrogens with one attached hydrogen (secondary N) is 1. The highest BCUT2D eigenvalue weighted by Gasteiger charge is 2.24. The van der Waals surface area contributed by atoms with E-state index in [0.717, 1.165) is 29.0 Å². The van der Waals surface area contributed by atoms with Crippen LogP contribution in [-0.4, -0.2) is 16.1 Å². The first-order chi connectivity index (χ1) is 12.7. The van der Waals surface area contributed by atoms with E-state index in [1.54, 1.807) is 0 Å². The first kappa shape index (κ1) is 16.8. The van der Waals surface area contributed by atoms with Gasteiger partial charge < -0.3 is 9.73 Å². The molecule has 1 amide bonds. The van der Waals surface area contributed by atoms with Crippen molar-refractivity contribution < 1.29 is 9.21 Å². The minimum absolute atomic E-state index is 0.0164. The topological polar surface area (TPSA) is 68.0 Å². The summed E-state index contributed by atoms with van der Waals surface area (Å²) in [4.78, 5) is 12.3. The van der Waals surface area contributed by atoms with Crippen LogP contribution in [0.15, 0.2) is 52.9 Å². The SMILES string of the molecule is O=C(CCc1nnc(-c2ccccc2)o1)N[C@H]1CCc2cc(Cl)ccc21. The molecule has 1 atom stereocenters. The van der Waals surface area contributed by atoms with Crippen LogP contribution in [0.1, 0.15) is 35.9 Å². The van der Waals surface area contributed by atoms with Gasteiger partial charge in [0.05, 0.1) is 6.04 Å². The summed E-state index contributed by atoms with van der Waals surface area (Å²) >= 11 is 6.03. The maximum Gasteiger partial charge on any atom is 0.247 e. The highest BCUT2D eigenvalue weighted by atomic mass is 35.5. The molecule has 1 aliphatic rings. The number of carbonyl (C=O) groups is 1. The number of carbonyl (C=O) groups excluding carboxylic acids is 1. The van der Waals surface area contributed by atoms with E-state index in [9.17, 15) is 4.79 Å². The number of hydrogen-bond donors (Lipinski definition) is 1. The maximum absolute atomic E-state index is 12.3. The van der Waals surface area contributed by atoms with Crippen molar-refractivity contribution in [2.75, 3.05) is 0 Å². The van der Waals surface area contributed by atoms with Gasteiger partial charge in [-0.2, -0.15) is 0 Å². The predicted octanol–water partition coefficient (Wildman–Crippen LogP) is 4.13. The molecular formula is C20H18ClN3O2. The summed E-state index contributed by atoms with van der Waals surface area (Å²) in [5, 5.41) is 11.9. The minimum atomic E-state index is -0.0164. The molecule has 1 N–H and O–H groups in total. The molecule has 5 nitrogen and oxygen atoms in total. The maximum atomic E-state index is 12.3. The van der Waals surface area contributed by atoms with Gasteiger partial charge in [-0.1, -0.05) is 35.9 Å². The largest absolute Gasteiger partial charge is 0.421 e. The lowest BCUT2D eigenvalue weighted by Gasteiger charge is -2.13. The zero-order valence-corrected chi connectivity index (χ0v) is 14.9. The molecule has 2 aromatic carbocycles. The molecule has 6 heteroatoms. The second-order valence-corrected chi connectivity index (χ2v) is 6.81. The Bertz CT molecular complexity index is 924. The van der Waals surface area contributed by atoms with E-state index in [4.69, 9.17) is 16.0 Å². The zero-order chi connectivity index (χ0) is 17.9. The van der Waals surface area contributed by atoms with Crippen molar-refractivity contribution in [3.63, 3.8) is 0 Å².